The molecule has 0 aromatic rings. The second-order valence-corrected chi connectivity index (χ2v) is 20.2. The molecule has 1 unspecified atom stereocenters. The van der Waals surface area contributed by atoms with Crippen LogP contribution in [-0.2, 0) is 52.1 Å². The number of hydrogen-bond donors (Lipinski definition) is 4. The molecule has 0 aromatic heterocycles. The molecule has 0 bridgehead atoms. The Bertz CT molecular complexity index is 754. The first kappa shape index (κ1) is 52.4. The number of hydrogen-bond acceptors (Lipinski definition) is 15. The van der Waals surface area contributed by atoms with Crippen molar-refractivity contribution in [2.45, 2.75) is 94.0 Å². The molecule has 0 aliphatic carbocycles. The van der Waals surface area contributed by atoms with E-state index >= 15 is 0 Å². The standard InChI is InChI=1S/C39H78O15P2/c1-32-36(51-26-22-44-12-7-5-6-8-40)37(52-27-23-48-19-16-45-13-9-41)33(2)55(32)30-31-56-34(3)38(53-28-24-49-20-17-46-14-10-42)39(35(56)4)54-29-25-50-21-18-47-15-11-43/h32-43H,5-31H2,1-4H3/t32-,33-,34-,35-,36+,37+,38+,39+,55?/m1/s1. The van der Waals surface area contributed by atoms with Gasteiger partial charge < -0.3 is 72.5 Å². The molecule has 0 amide bonds. The van der Waals surface area contributed by atoms with E-state index in [1.165, 1.54) is 0 Å². The Hall–Kier alpha value is 0.260. The van der Waals surface area contributed by atoms with Crippen molar-refractivity contribution in [2.75, 3.05) is 158 Å². The third-order valence-corrected chi connectivity index (χ3v) is 17.4. The number of aliphatic hydroxyl groups is 4. The largest absolute Gasteiger partial charge is 0.396 e. The third-order valence-electron chi connectivity index (χ3n) is 10.2. The van der Waals surface area contributed by atoms with Crippen LogP contribution >= 0.6 is 15.8 Å². The summed E-state index contributed by atoms with van der Waals surface area (Å²) in [4.78, 5) is 0. The minimum Gasteiger partial charge on any atom is -0.396 e. The van der Waals surface area contributed by atoms with Crippen LogP contribution in [0.5, 0.6) is 0 Å². The van der Waals surface area contributed by atoms with Gasteiger partial charge in [0, 0.05) is 35.8 Å². The lowest BCUT2D eigenvalue weighted by atomic mass is 10.1. The number of unbranched alkanes of at least 4 members (excludes halogenated alkanes) is 2. The molecule has 2 rings (SSSR count). The fourth-order valence-corrected chi connectivity index (χ4v) is 14.8. The molecule has 0 radical (unpaired) electrons. The summed E-state index contributed by atoms with van der Waals surface area (Å²) in [7, 11) is -0.813. The Morgan fingerprint density at radius 1 is 0.304 bits per heavy atom. The summed E-state index contributed by atoms with van der Waals surface area (Å²) < 4.78 is 65.1. The minimum atomic E-state index is -0.411. The first-order valence-corrected chi connectivity index (χ1v) is 24.2. The third kappa shape index (κ3) is 21.2. The first-order chi connectivity index (χ1) is 27.4. The zero-order chi connectivity index (χ0) is 40.6. The average Bonchev–Trinajstić information content (AvgIpc) is 3.55. The van der Waals surface area contributed by atoms with E-state index < -0.39 is 15.8 Å². The van der Waals surface area contributed by atoms with Gasteiger partial charge in [-0.05, 0) is 31.6 Å². The van der Waals surface area contributed by atoms with E-state index in [2.05, 4.69) is 27.7 Å². The van der Waals surface area contributed by atoms with Gasteiger partial charge in [0.25, 0.3) is 0 Å². The maximum Gasteiger partial charge on any atom is 0.0908 e. The maximum absolute atomic E-state index is 9.02. The van der Waals surface area contributed by atoms with Crippen LogP contribution in [0.25, 0.3) is 0 Å². The van der Waals surface area contributed by atoms with E-state index in [1.54, 1.807) is 0 Å². The van der Waals surface area contributed by atoms with E-state index in [1.807, 2.05) is 0 Å². The van der Waals surface area contributed by atoms with Gasteiger partial charge in [0.05, 0.1) is 157 Å². The Balaban J connectivity index is 2.00. The minimum absolute atomic E-state index is 0.000864. The number of rotatable bonds is 39. The Morgan fingerprint density at radius 3 is 0.857 bits per heavy atom. The second kappa shape index (κ2) is 34.9. The number of ether oxygens (including phenoxy) is 11. The van der Waals surface area contributed by atoms with Crippen LogP contribution in [0.2, 0.25) is 0 Å². The highest BCUT2D eigenvalue weighted by atomic mass is 31.1. The number of aliphatic hydroxyl groups excluding tert-OH is 4. The first-order valence-electron chi connectivity index (χ1n) is 20.9. The highest BCUT2D eigenvalue weighted by Crippen LogP contribution is 2.62. The highest BCUT2D eigenvalue weighted by Gasteiger charge is 2.50. The van der Waals surface area contributed by atoms with Gasteiger partial charge in [-0.1, -0.05) is 43.5 Å². The molecule has 0 spiro atoms. The lowest BCUT2D eigenvalue weighted by Gasteiger charge is -2.28. The second-order valence-electron chi connectivity index (χ2n) is 14.0. The van der Waals surface area contributed by atoms with Crippen molar-refractivity contribution in [3.8, 4) is 0 Å². The summed E-state index contributed by atoms with van der Waals surface area (Å²) in [6.07, 6.45) is 4.80. The summed E-state index contributed by atoms with van der Waals surface area (Å²) in [5, 5.41) is 35.7. The lowest BCUT2D eigenvalue weighted by Crippen LogP contribution is -2.37. The Morgan fingerprint density at radius 2 is 0.571 bits per heavy atom. The van der Waals surface area contributed by atoms with Gasteiger partial charge in [0.15, 0.2) is 0 Å². The van der Waals surface area contributed by atoms with Crippen LogP contribution in [0.1, 0.15) is 47.0 Å². The molecule has 4 N–H and O–H groups in total. The molecule has 0 saturated carbocycles. The Kier molecular flexibility index (Phi) is 32.7. The van der Waals surface area contributed by atoms with E-state index in [0.29, 0.717) is 142 Å². The smallest absolute Gasteiger partial charge is 0.0908 e. The van der Waals surface area contributed by atoms with Crippen molar-refractivity contribution in [1.29, 1.82) is 0 Å². The van der Waals surface area contributed by atoms with E-state index in [4.69, 9.17) is 72.5 Å². The van der Waals surface area contributed by atoms with Crippen molar-refractivity contribution in [3.63, 3.8) is 0 Å². The van der Waals surface area contributed by atoms with Gasteiger partial charge in [0.1, 0.15) is 0 Å². The molecule has 2 fully saturated rings. The van der Waals surface area contributed by atoms with Crippen LogP contribution in [0.4, 0.5) is 0 Å². The normalized spacial score (nSPS) is 27.9. The average molecular weight is 849 g/mol. The highest BCUT2D eigenvalue weighted by molar-refractivity contribution is 7.63. The molecule has 56 heavy (non-hydrogen) atoms. The molecule has 17 heteroatoms. The van der Waals surface area contributed by atoms with Gasteiger partial charge in [-0.3, -0.25) is 0 Å². The molecular formula is C39H78O15P2. The molecule has 15 nitrogen and oxygen atoms in total. The van der Waals surface area contributed by atoms with Crippen molar-refractivity contribution in [1.82, 2.24) is 0 Å². The molecule has 2 aliphatic heterocycles. The zero-order valence-corrected chi connectivity index (χ0v) is 36.7. The van der Waals surface area contributed by atoms with Crippen LogP contribution < -0.4 is 0 Å². The van der Waals surface area contributed by atoms with Crippen molar-refractivity contribution >= 4 is 15.8 Å². The topological polar surface area (TPSA) is 182 Å². The van der Waals surface area contributed by atoms with Gasteiger partial charge in [-0.2, -0.15) is 0 Å². The van der Waals surface area contributed by atoms with Crippen LogP contribution in [0.3, 0.4) is 0 Å². The van der Waals surface area contributed by atoms with Crippen molar-refractivity contribution in [2.24, 2.45) is 0 Å². The van der Waals surface area contributed by atoms with E-state index in [0.717, 1.165) is 31.6 Å². The van der Waals surface area contributed by atoms with Gasteiger partial charge >= 0.3 is 0 Å². The predicted octanol–water partition coefficient (Wildman–Crippen LogP) is 2.33. The fourth-order valence-electron chi connectivity index (χ4n) is 7.30. The summed E-state index contributed by atoms with van der Waals surface area (Å²) in [6.45, 7) is 17.6. The quantitative estimate of drug-likeness (QED) is 0.0523. The summed E-state index contributed by atoms with van der Waals surface area (Å²) in [5.41, 5.74) is 1.42. The summed E-state index contributed by atoms with van der Waals surface area (Å²) in [5.74, 6) is 0. The Labute approximate surface area is 339 Å². The fraction of sp³-hybridized carbons (Fsp3) is 1.00. The molecule has 2 saturated heterocycles. The van der Waals surface area contributed by atoms with Crippen molar-refractivity contribution < 1.29 is 72.5 Å². The van der Waals surface area contributed by atoms with E-state index in [-0.39, 0.29) is 50.8 Å². The molecule has 2 heterocycles. The molecule has 334 valence electrons. The molecule has 9 atom stereocenters. The van der Waals surface area contributed by atoms with Crippen LogP contribution in [0.15, 0.2) is 0 Å². The van der Waals surface area contributed by atoms with Gasteiger partial charge in [0.2, 0.25) is 0 Å². The van der Waals surface area contributed by atoms with Crippen LogP contribution in [-0.4, -0.2) is 225 Å². The van der Waals surface area contributed by atoms with Crippen LogP contribution in [0, 0.1) is 0 Å². The van der Waals surface area contributed by atoms with E-state index in [9.17, 15) is 0 Å². The zero-order valence-electron chi connectivity index (χ0n) is 34.9. The molecular weight excluding hydrogens is 770 g/mol. The predicted molar refractivity (Wildman–Crippen MR) is 218 cm³/mol. The summed E-state index contributed by atoms with van der Waals surface area (Å²) >= 11 is 0. The monoisotopic (exact) mass is 848 g/mol. The summed E-state index contributed by atoms with van der Waals surface area (Å²) in [6, 6.07) is 0. The molecule has 2 aliphatic rings. The molecule has 0 aromatic carbocycles. The van der Waals surface area contributed by atoms with Crippen molar-refractivity contribution in [3.05, 3.63) is 0 Å². The SMILES string of the molecule is C[C@@H]1[C@H](OCCOCCCCCO)[C@@H](OCCOCCOCCO)[C@@H](C)P1CCP1[C@H](C)[C@H](OCCOCCOCCO)[C@@H](OCCOCCOCCO)[C@H]1C. The maximum atomic E-state index is 9.02. The van der Waals surface area contributed by atoms with Gasteiger partial charge in [-0.15, -0.1) is 0 Å². The lowest BCUT2D eigenvalue weighted by molar-refractivity contribution is -0.0888. The van der Waals surface area contributed by atoms with Gasteiger partial charge in [-0.25, -0.2) is 0 Å².